The number of benzene rings is 4. The second kappa shape index (κ2) is 24.6. The van der Waals surface area contributed by atoms with Crippen LogP contribution in [0, 0.1) is 17.5 Å². The zero-order valence-corrected chi connectivity index (χ0v) is 30.3. The largest absolute Gasteiger partial charge is 0.503 e. The molecule has 6 amide bonds. The van der Waals surface area contributed by atoms with Crippen molar-refractivity contribution in [3.05, 3.63) is 108 Å². The molecule has 55 heavy (non-hydrogen) atoms. The third-order valence-electron chi connectivity index (χ3n) is 6.99. The lowest BCUT2D eigenvalue weighted by Crippen LogP contribution is -2.30. The third kappa shape index (κ3) is 17.2. The number of phenols is 3. The number of aromatic hydroxyl groups is 3. The molecule has 9 N–H and O–H groups in total. The van der Waals surface area contributed by atoms with E-state index in [4.69, 9.17) is 0 Å². The average Bonchev–Trinajstić information content (AvgIpc) is 3.16. The number of phenolic OH excluding ortho intramolecular Hbond substituents is 3. The molecule has 14 nitrogen and oxygen atoms in total. The van der Waals surface area contributed by atoms with Gasteiger partial charge in [-0.3, -0.25) is 4.79 Å². The van der Waals surface area contributed by atoms with Crippen LogP contribution in [0.25, 0.3) is 0 Å². The number of esters is 1. The summed E-state index contributed by atoms with van der Waals surface area (Å²) in [6, 6.07) is 19.5. The van der Waals surface area contributed by atoms with Gasteiger partial charge in [-0.1, -0.05) is 68.3 Å². The minimum atomic E-state index is -0.829. The van der Waals surface area contributed by atoms with E-state index in [0.29, 0.717) is 13.1 Å². The maximum absolute atomic E-state index is 13.1. The highest BCUT2D eigenvalue weighted by atomic mass is 19.1. The molecule has 296 valence electrons. The molecular weight excluding hydrogens is 725 g/mol. The summed E-state index contributed by atoms with van der Waals surface area (Å²) in [6.45, 7) is 5.04. The number of ether oxygens (including phenoxy) is 1. The fourth-order valence-electron chi connectivity index (χ4n) is 4.21. The number of halogens is 3. The van der Waals surface area contributed by atoms with Crippen LogP contribution < -0.4 is 31.9 Å². The van der Waals surface area contributed by atoms with E-state index < -0.39 is 58.8 Å². The number of hydrogen-bond acceptors (Lipinski definition) is 8. The van der Waals surface area contributed by atoms with Crippen LogP contribution in [0.15, 0.2) is 84.9 Å². The minimum absolute atomic E-state index is 0.0329. The molecule has 0 aliphatic carbocycles. The van der Waals surface area contributed by atoms with Crippen molar-refractivity contribution < 1.29 is 52.4 Å². The van der Waals surface area contributed by atoms with Gasteiger partial charge in [-0.05, 0) is 55.3 Å². The van der Waals surface area contributed by atoms with Crippen molar-refractivity contribution in [1.29, 1.82) is 0 Å². The summed E-state index contributed by atoms with van der Waals surface area (Å²) in [4.78, 5) is 45.4. The van der Waals surface area contributed by atoms with E-state index in [0.717, 1.165) is 43.0 Å². The first-order valence-electron chi connectivity index (χ1n) is 17.1. The van der Waals surface area contributed by atoms with E-state index >= 15 is 0 Å². The molecule has 0 spiro atoms. The molecule has 4 rings (SSSR count). The van der Waals surface area contributed by atoms with E-state index in [-0.39, 0.29) is 36.6 Å². The summed E-state index contributed by atoms with van der Waals surface area (Å²) in [5.74, 6) is -4.54. The van der Waals surface area contributed by atoms with Crippen molar-refractivity contribution >= 4 is 41.1 Å². The number of nitrogens with one attached hydrogen (secondary N) is 6. The summed E-state index contributed by atoms with van der Waals surface area (Å²) >= 11 is 0. The Labute approximate surface area is 316 Å². The van der Waals surface area contributed by atoms with Crippen molar-refractivity contribution in [2.24, 2.45) is 0 Å². The molecule has 4 aromatic rings. The van der Waals surface area contributed by atoms with Crippen LogP contribution in [-0.4, -0.2) is 59.1 Å². The smallest absolute Gasteiger partial charge is 0.319 e. The highest BCUT2D eigenvalue weighted by Gasteiger charge is 2.12. The van der Waals surface area contributed by atoms with E-state index in [1.54, 1.807) is 6.92 Å². The number of anilines is 3. The Kier molecular flexibility index (Phi) is 19.9. The fraction of sp³-hybridized carbons (Fsp3) is 0.263. The summed E-state index contributed by atoms with van der Waals surface area (Å²) in [5.41, 5.74) is 0.998. The molecule has 17 heteroatoms. The Balaban J connectivity index is 0.000000286. The summed E-state index contributed by atoms with van der Waals surface area (Å²) in [5, 5.41) is 42.7. The van der Waals surface area contributed by atoms with Crippen LogP contribution >= 0.6 is 0 Å². The monoisotopic (exact) mass is 770 g/mol. The Bertz CT molecular complexity index is 1840. The number of hydrogen-bond donors (Lipinski definition) is 9. The van der Waals surface area contributed by atoms with Crippen molar-refractivity contribution in [2.45, 2.75) is 46.1 Å². The molecule has 0 aliphatic rings. The highest BCUT2D eigenvalue weighted by molar-refractivity contribution is 5.92. The number of carbonyl (C=O) groups excluding carboxylic acids is 4. The molecule has 0 saturated carbocycles. The van der Waals surface area contributed by atoms with E-state index in [1.807, 2.05) is 30.3 Å². The molecule has 0 aromatic heterocycles. The second-order valence-electron chi connectivity index (χ2n) is 11.2. The molecule has 0 radical (unpaired) electrons. The van der Waals surface area contributed by atoms with Gasteiger partial charge in [0.2, 0.25) is 0 Å². The third-order valence-corrected chi connectivity index (χ3v) is 6.99. The molecule has 4 aromatic carbocycles. The summed E-state index contributed by atoms with van der Waals surface area (Å²) in [6.07, 6.45) is 3.06. The molecule has 0 aliphatic heterocycles. The van der Waals surface area contributed by atoms with E-state index in [2.05, 4.69) is 43.6 Å². The maximum atomic E-state index is 13.1. The molecular formula is C38H45F3N6O8. The van der Waals surface area contributed by atoms with Crippen LogP contribution in [0.4, 0.5) is 44.6 Å². The van der Waals surface area contributed by atoms with Crippen molar-refractivity contribution in [3.63, 3.8) is 0 Å². The standard InChI is InChI=1S/C14H13FN2O2.C12H15FN2O4.C12H17FN2O2/c15-11-7-4-8-12(13(11)18)17-14(19)16-9-10-5-2-1-3-6-10;1-2-19-10(16)6-7-14-12(18)15-9-5-3-4-8(13)11(9)17;1-2-3-4-8-14-12(17)15-10-7-5-6-9(13)11(10)16/h1-8,18H,9H2,(H2,16,17,19);3-5,17H,2,6-7H2,1H3,(H2,14,15,18);5-7,16H,2-4,8H2,1H3,(H2,14,15,17). The van der Waals surface area contributed by atoms with Gasteiger partial charge in [-0.15, -0.1) is 0 Å². The Morgan fingerprint density at radius 3 is 1.44 bits per heavy atom. The molecule has 0 atom stereocenters. The predicted octanol–water partition coefficient (Wildman–Crippen LogP) is 7.30. The van der Waals surface area contributed by atoms with Gasteiger partial charge in [0.25, 0.3) is 0 Å². The second-order valence-corrected chi connectivity index (χ2v) is 11.2. The van der Waals surface area contributed by atoms with Crippen LogP contribution in [0.5, 0.6) is 17.2 Å². The quantitative estimate of drug-likeness (QED) is 0.0382. The van der Waals surface area contributed by atoms with Crippen LogP contribution in [0.2, 0.25) is 0 Å². The lowest BCUT2D eigenvalue weighted by atomic mass is 10.2. The van der Waals surface area contributed by atoms with Crippen LogP contribution in [0.3, 0.4) is 0 Å². The SMILES string of the molecule is CCCCCNC(=O)Nc1cccc(F)c1O.CCOC(=O)CCNC(=O)Nc1cccc(F)c1O.O=C(NCc1ccccc1)Nc1cccc(F)c1O. The maximum Gasteiger partial charge on any atom is 0.319 e. The van der Waals surface area contributed by atoms with Gasteiger partial charge in [0.15, 0.2) is 34.7 Å². The van der Waals surface area contributed by atoms with Gasteiger partial charge in [0, 0.05) is 19.6 Å². The zero-order chi connectivity index (χ0) is 40.6. The zero-order valence-electron chi connectivity index (χ0n) is 30.3. The fourth-order valence-corrected chi connectivity index (χ4v) is 4.21. The van der Waals surface area contributed by atoms with Crippen molar-refractivity contribution in [1.82, 2.24) is 16.0 Å². The van der Waals surface area contributed by atoms with Gasteiger partial charge in [-0.25, -0.2) is 27.6 Å². The number of carbonyl (C=O) groups is 4. The molecule has 0 fully saturated rings. The first-order chi connectivity index (χ1) is 26.4. The van der Waals surface area contributed by atoms with Crippen molar-refractivity contribution in [2.75, 3.05) is 35.6 Å². The lowest BCUT2D eigenvalue weighted by molar-refractivity contribution is -0.142. The number of para-hydroxylation sites is 3. The first-order valence-corrected chi connectivity index (χ1v) is 17.1. The molecule has 0 bridgehead atoms. The number of amides is 6. The molecule has 0 saturated heterocycles. The number of unbranched alkanes of at least 4 members (excludes halogenated alkanes) is 2. The summed E-state index contributed by atoms with van der Waals surface area (Å²) < 4.78 is 43.7. The molecule has 0 unspecified atom stereocenters. The minimum Gasteiger partial charge on any atom is -0.503 e. The number of urea groups is 3. The Morgan fingerprint density at radius 2 is 1.00 bits per heavy atom. The van der Waals surface area contributed by atoms with Gasteiger partial charge in [0.1, 0.15) is 0 Å². The van der Waals surface area contributed by atoms with Gasteiger partial charge < -0.3 is 52.0 Å². The highest BCUT2D eigenvalue weighted by Crippen LogP contribution is 2.27. The average molecular weight is 771 g/mol. The van der Waals surface area contributed by atoms with Gasteiger partial charge >= 0.3 is 24.1 Å². The topological polar surface area (TPSA) is 210 Å². The summed E-state index contributed by atoms with van der Waals surface area (Å²) in [7, 11) is 0. The molecule has 0 heterocycles. The van der Waals surface area contributed by atoms with Crippen molar-refractivity contribution in [3.8, 4) is 17.2 Å². The lowest BCUT2D eigenvalue weighted by Gasteiger charge is -2.09. The van der Waals surface area contributed by atoms with E-state index in [9.17, 15) is 47.7 Å². The van der Waals surface area contributed by atoms with Crippen LogP contribution in [-0.2, 0) is 16.1 Å². The first kappa shape index (κ1) is 44.5. The van der Waals surface area contributed by atoms with E-state index in [1.165, 1.54) is 36.4 Å². The normalized spacial score (nSPS) is 9.91. The number of rotatable bonds is 13. The predicted molar refractivity (Wildman–Crippen MR) is 201 cm³/mol. The van der Waals surface area contributed by atoms with Gasteiger partial charge in [-0.2, -0.15) is 0 Å². The van der Waals surface area contributed by atoms with Crippen LogP contribution in [0.1, 0.15) is 45.1 Å². The Hall–Kier alpha value is -6.65. The van der Waals surface area contributed by atoms with Gasteiger partial charge in [0.05, 0.1) is 30.1 Å². The Morgan fingerprint density at radius 1 is 0.564 bits per heavy atom.